The van der Waals surface area contributed by atoms with Crippen LogP contribution < -0.4 is 5.43 Å². The van der Waals surface area contributed by atoms with Crippen molar-refractivity contribution in [2.75, 3.05) is 0 Å². The van der Waals surface area contributed by atoms with Gasteiger partial charge in [0.25, 0.3) is 5.91 Å². The van der Waals surface area contributed by atoms with Gasteiger partial charge in [0, 0.05) is 5.56 Å². The zero-order valence-electron chi connectivity index (χ0n) is 14.4. The molecule has 1 N–H and O–H groups in total. The van der Waals surface area contributed by atoms with Gasteiger partial charge >= 0.3 is 0 Å². The quantitative estimate of drug-likeness (QED) is 0.541. The van der Waals surface area contributed by atoms with Crippen molar-refractivity contribution in [1.29, 1.82) is 0 Å². The lowest BCUT2D eigenvalue weighted by Gasteiger charge is -2.05. The lowest BCUT2D eigenvalue weighted by Crippen LogP contribution is -2.19. The Kier molecular flexibility index (Phi) is 5.05. The molecule has 3 aromatic carbocycles. The van der Waals surface area contributed by atoms with Gasteiger partial charge < -0.3 is 0 Å². The SMILES string of the molecule is C/C(=N\NC(=O)c1ccc(C)cc1)c1ccc(-c2ccccc2)cc1. The molecule has 3 nitrogen and oxygen atoms in total. The molecular weight excluding hydrogens is 308 g/mol. The van der Waals surface area contributed by atoms with Crippen LogP contribution >= 0.6 is 0 Å². The van der Waals surface area contributed by atoms with Gasteiger partial charge in [-0.2, -0.15) is 5.10 Å². The summed E-state index contributed by atoms with van der Waals surface area (Å²) in [5.74, 6) is -0.208. The number of nitrogens with zero attached hydrogens (tertiary/aromatic N) is 1. The van der Waals surface area contributed by atoms with Crippen LogP contribution in [0.1, 0.15) is 28.4 Å². The monoisotopic (exact) mass is 328 g/mol. The predicted octanol–water partition coefficient (Wildman–Crippen LogP) is 4.82. The zero-order chi connectivity index (χ0) is 17.6. The smallest absolute Gasteiger partial charge is 0.267 e. The van der Waals surface area contributed by atoms with Crippen molar-refractivity contribution in [2.24, 2.45) is 5.10 Å². The van der Waals surface area contributed by atoms with Crippen molar-refractivity contribution in [3.8, 4) is 11.1 Å². The average molecular weight is 328 g/mol. The van der Waals surface area contributed by atoms with E-state index in [9.17, 15) is 4.79 Å². The molecule has 124 valence electrons. The zero-order valence-corrected chi connectivity index (χ0v) is 14.4. The minimum atomic E-state index is -0.208. The van der Waals surface area contributed by atoms with Crippen LogP contribution in [0.5, 0.6) is 0 Å². The molecule has 0 aromatic heterocycles. The first kappa shape index (κ1) is 16.7. The van der Waals surface area contributed by atoms with E-state index in [2.05, 4.69) is 34.8 Å². The number of hydrazone groups is 1. The molecule has 0 aliphatic rings. The van der Waals surface area contributed by atoms with Crippen molar-refractivity contribution in [2.45, 2.75) is 13.8 Å². The third-order valence-electron chi connectivity index (χ3n) is 4.05. The molecule has 0 aliphatic heterocycles. The number of carbonyl (C=O) groups excluding carboxylic acids is 1. The third kappa shape index (κ3) is 4.21. The maximum atomic E-state index is 12.1. The van der Waals surface area contributed by atoms with E-state index in [1.807, 2.05) is 56.3 Å². The van der Waals surface area contributed by atoms with Crippen LogP contribution in [0.2, 0.25) is 0 Å². The molecule has 0 spiro atoms. The second-order valence-corrected chi connectivity index (χ2v) is 5.95. The summed E-state index contributed by atoms with van der Waals surface area (Å²) >= 11 is 0. The van der Waals surface area contributed by atoms with Gasteiger partial charge in [0.15, 0.2) is 0 Å². The highest BCUT2D eigenvalue weighted by Crippen LogP contribution is 2.19. The van der Waals surface area contributed by atoms with Gasteiger partial charge in [-0.05, 0) is 42.7 Å². The van der Waals surface area contributed by atoms with E-state index in [-0.39, 0.29) is 5.91 Å². The second kappa shape index (κ2) is 7.58. The lowest BCUT2D eigenvalue weighted by atomic mass is 10.0. The minimum absolute atomic E-state index is 0.208. The summed E-state index contributed by atoms with van der Waals surface area (Å²) in [6.07, 6.45) is 0. The summed E-state index contributed by atoms with van der Waals surface area (Å²) in [6.45, 7) is 3.87. The summed E-state index contributed by atoms with van der Waals surface area (Å²) < 4.78 is 0. The Bertz CT molecular complexity index is 880. The Morgan fingerprint density at radius 3 is 1.96 bits per heavy atom. The molecule has 0 heterocycles. The number of benzene rings is 3. The first-order chi connectivity index (χ1) is 12.1. The van der Waals surface area contributed by atoms with Crippen LogP contribution in [0, 0.1) is 6.92 Å². The normalized spacial score (nSPS) is 11.2. The molecule has 0 saturated carbocycles. The van der Waals surface area contributed by atoms with Crippen LogP contribution in [0.4, 0.5) is 0 Å². The van der Waals surface area contributed by atoms with Gasteiger partial charge in [-0.1, -0.05) is 72.3 Å². The van der Waals surface area contributed by atoms with E-state index >= 15 is 0 Å². The average Bonchev–Trinajstić information content (AvgIpc) is 2.67. The maximum absolute atomic E-state index is 12.1. The van der Waals surface area contributed by atoms with E-state index in [1.54, 1.807) is 12.1 Å². The molecule has 0 atom stereocenters. The second-order valence-electron chi connectivity index (χ2n) is 5.95. The summed E-state index contributed by atoms with van der Waals surface area (Å²) in [7, 11) is 0. The lowest BCUT2D eigenvalue weighted by molar-refractivity contribution is 0.0955. The largest absolute Gasteiger partial charge is 0.271 e. The van der Waals surface area contributed by atoms with Gasteiger partial charge in [-0.25, -0.2) is 5.43 Å². The first-order valence-corrected chi connectivity index (χ1v) is 8.20. The van der Waals surface area contributed by atoms with Gasteiger partial charge in [-0.3, -0.25) is 4.79 Å². The van der Waals surface area contributed by atoms with Crippen molar-refractivity contribution < 1.29 is 4.79 Å². The standard InChI is InChI=1S/C22H20N2O/c1-16-8-10-21(11-9-16)22(25)24-23-17(2)18-12-14-20(15-13-18)19-6-4-3-5-7-19/h3-15H,1-2H3,(H,24,25)/b23-17+. The Balaban J connectivity index is 1.70. The molecular formula is C22H20N2O. The highest BCUT2D eigenvalue weighted by Gasteiger charge is 2.05. The van der Waals surface area contributed by atoms with Crippen molar-refractivity contribution in [1.82, 2.24) is 5.43 Å². The molecule has 25 heavy (non-hydrogen) atoms. The number of aryl methyl sites for hydroxylation is 1. The highest BCUT2D eigenvalue weighted by molar-refractivity contribution is 6.01. The van der Waals surface area contributed by atoms with Crippen molar-refractivity contribution in [3.05, 3.63) is 95.6 Å². The van der Waals surface area contributed by atoms with Gasteiger partial charge in [-0.15, -0.1) is 0 Å². The van der Waals surface area contributed by atoms with Crippen molar-refractivity contribution in [3.63, 3.8) is 0 Å². The number of carbonyl (C=O) groups is 1. The Morgan fingerprint density at radius 1 is 0.760 bits per heavy atom. The summed E-state index contributed by atoms with van der Waals surface area (Å²) in [5, 5.41) is 4.21. The molecule has 0 bridgehead atoms. The number of amides is 1. The Morgan fingerprint density at radius 2 is 1.32 bits per heavy atom. The molecule has 1 amide bonds. The van der Waals surface area contributed by atoms with Crippen LogP contribution in [0.3, 0.4) is 0 Å². The van der Waals surface area contributed by atoms with Crippen LogP contribution in [0.15, 0.2) is 84.0 Å². The van der Waals surface area contributed by atoms with Gasteiger partial charge in [0.2, 0.25) is 0 Å². The van der Waals surface area contributed by atoms with E-state index in [4.69, 9.17) is 0 Å². The topological polar surface area (TPSA) is 41.5 Å². The van der Waals surface area contributed by atoms with Crippen molar-refractivity contribution >= 4 is 11.6 Å². The van der Waals surface area contributed by atoms with E-state index < -0.39 is 0 Å². The van der Waals surface area contributed by atoms with E-state index in [0.717, 1.165) is 22.4 Å². The summed E-state index contributed by atoms with van der Waals surface area (Å²) in [5.41, 5.74) is 8.40. The summed E-state index contributed by atoms with van der Waals surface area (Å²) in [4.78, 5) is 12.1. The molecule has 0 radical (unpaired) electrons. The van der Waals surface area contributed by atoms with Gasteiger partial charge in [0.05, 0.1) is 5.71 Å². The third-order valence-corrected chi connectivity index (χ3v) is 4.05. The summed E-state index contributed by atoms with van der Waals surface area (Å²) in [6, 6.07) is 25.8. The molecule has 0 saturated heterocycles. The van der Waals surface area contributed by atoms with Crippen LogP contribution in [-0.2, 0) is 0 Å². The number of hydrogen-bond donors (Lipinski definition) is 1. The Hall–Kier alpha value is -3.20. The fourth-order valence-corrected chi connectivity index (χ4v) is 2.50. The minimum Gasteiger partial charge on any atom is -0.267 e. The molecule has 0 fully saturated rings. The maximum Gasteiger partial charge on any atom is 0.271 e. The molecule has 0 aliphatic carbocycles. The Labute approximate surface area is 148 Å². The predicted molar refractivity (Wildman–Crippen MR) is 103 cm³/mol. The molecule has 3 aromatic rings. The fraction of sp³-hybridized carbons (Fsp3) is 0.0909. The number of rotatable bonds is 4. The molecule has 3 rings (SSSR count). The van der Waals surface area contributed by atoms with Gasteiger partial charge in [0.1, 0.15) is 0 Å². The molecule has 3 heteroatoms. The van der Waals surface area contributed by atoms with E-state index in [0.29, 0.717) is 5.56 Å². The van der Waals surface area contributed by atoms with Crippen LogP contribution in [-0.4, -0.2) is 11.6 Å². The van der Waals surface area contributed by atoms with E-state index in [1.165, 1.54) is 5.56 Å². The fourth-order valence-electron chi connectivity index (χ4n) is 2.50. The van der Waals surface area contributed by atoms with Crippen LogP contribution in [0.25, 0.3) is 11.1 Å². The number of nitrogens with one attached hydrogen (secondary N) is 1. The highest BCUT2D eigenvalue weighted by atomic mass is 16.2. The first-order valence-electron chi connectivity index (χ1n) is 8.20. The number of hydrogen-bond acceptors (Lipinski definition) is 2. The molecule has 0 unspecified atom stereocenters.